The minimum Gasteiger partial charge on any atom is -0.469 e. The second-order valence-corrected chi connectivity index (χ2v) is 7.97. The van der Waals surface area contributed by atoms with Crippen LogP contribution in [0.5, 0.6) is 0 Å². The monoisotopic (exact) mass is 434 g/mol. The molecule has 9 nitrogen and oxygen atoms in total. The third kappa shape index (κ3) is 6.28. The zero-order chi connectivity index (χ0) is 23.2. The lowest BCUT2D eigenvalue weighted by molar-refractivity contribution is -0.158. The van der Waals surface area contributed by atoms with Crippen molar-refractivity contribution in [3.63, 3.8) is 0 Å². The van der Waals surface area contributed by atoms with E-state index < -0.39 is 29.7 Å². The Kier molecular flexibility index (Phi) is 8.18. The number of nitrogens with zero attached hydrogens (tertiary/aromatic N) is 1. The van der Waals surface area contributed by atoms with Crippen molar-refractivity contribution in [2.75, 3.05) is 27.4 Å². The maximum absolute atomic E-state index is 12.5. The summed E-state index contributed by atoms with van der Waals surface area (Å²) in [6.07, 6.45) is -0.293. The summed E-state index contributed by atoms with van der Waals surface area (Å²) in [5.74, 6) is -0.982. The first kappa shape index (κ1) is 24.4. The Balaban J connectivity index is 2.21. The number of hydrogen-bond acceptors (Lipinski definition) is 8. The Bertz CT molecular complexity index is 943. The van der Waals surface area contributed by atoms with Crippen LogP contribution in [0.1, 0.15) is 32.0 Å². The summed E-state index contributed by atoms with van der Waals surface area (Å²) >= 11 is 0. The van der Waals surface area contributed by atoms with Crippen LogP contribution in [0.25, 0.3) is 10.9 Å². The van der Waals surface area contributed by atoms with Gasteiger partial charge in [0.05, 0.1) is 39.4 Å². The Morgan fingerprint density at radius 3 is 2.39 bits per heavy atom. The lowest BCUT2D eigenvalue weighted by Crippen LogP contribution is -2.40. The van der Waals surface area contributed by atoms with Crippen molar-refractivity contribution < 1.29 is 33.3 Å². The van der Waals surface area contributed by atoms with Crippen molar-refractivity contribution >= 4 is 28.9 Å². The molecule has 0 aliphatic carbocycles. The number of carbonyl (C=O) groups is 3. The molecule has 0 fully saturated rings. The molecule has 1 aromatic heterocycles. The third-order valence-corrected chi connectivity index (χ3v) is 4.48. The predicted octanol–water partition coefficient (Wildman–Crippen LogP) is 2.20. The van der Waals surface area contributed by atoms with Gasteiger partial charge in [0, 0.05) is 17.5 Å². The van der Waals surface area contributed by atoms with Crippen LogP contribution in [0.3, 0.4) is 0 Å². The molecule has 0 bridgehead atoms. The number of hydrogen-bond donors (Lipinski definition) is 1. The number of para-hydroxylation sites is 1. The first-order valence-corrected chi connectivity index (χ1v) is 9.91. The van der Waals surface area contributed by atoms with Crippen molar-refractivity contribution in [3.05, 3.63) is 35.5 Å². The summed E-state index contributed by atoms with van der Waals surface area (Å²) in [7, 11) is 2.60. The molecule has 0 radical (unpaired) electrons. The second-order valence-electron chi connectivity index (χ2n) is 7.97. The van der Waals surface area contributed by atoms with Gasteiger partial charge < -0.3 is 24.7 Å². The largest absolute Gasteiger partial charge is 0.469 e. The Labute approximate surface area is 181 Å². The van der Waals surface area contributed by atoms with Crippen molar-refractivity contribution in [1.82, 2.24) is 4.57 Å². The SMILES string of the molecule is COC(=O)Cc1c(CCOCC(N)C(=O)OC(C)(C)C)n(C(=O)OC)c2ccccc12. The second kappa shape index (κ2) is 10.4. The third-order valence-electron chi connectivity index (χ3n) is 4.48. The smallest absolute Gasteiger partial charge is 0.418 e. The summed E-state index contributed by atoms with van der Waals surface area (Å²) < 4.78 is 22.0. The summed E-state index contributed by atoms with van der Waals surface area (Å²) in [6, 6.07) is 6.29. The first-order chi connectivity index (χ1) is 14.6. The standard InChI is InChI=1S/C22H30N2O7/c1-22(2,3)31-20(26)16(23)13-30-11-10-18-15(12-19(25)28-4)14-8-6-7-9-17(14)24(18)21(27)29-5/h6-9,16H,10-13,23H2,1-5H3. The number of rotatable bonds is 8. The van der Waals surface area contributed by atoms with Gasteiger partial charge >= 0.3 is 18.0 Å². The highest BCUT2D eigenvalue weighted by molar-refractivity contribution is 5.95. The van der Waals surface area contributed by atoms with E-state index >= 15 is 0 Å². The van der Waals surface area contributed by atoms with Crippen LogP contribution in [-0.2, 0) is 41.4 Å². The van der Waals surface area contributed by atoms with Gasteiger partial charge in [0.25, 0.3) is 0 Å². The highest BCUT2D eigenvalue weighted by Gasteiger charge is 2.25. The fraction of sp³-hybridized carbons (Fsp3) is 0.500. The molecule has 0 spiro atoms. The minimum absolute atomic E-state index is 0.00619. The zero-order valence-corrected chi connectivity index (χ0v) is 18.6. The molecule has 9 heteroatoms. The first-order valence-electron chi connectivity index (χ1n) is 9.91. The zero-order valence-electron chi connectivity index (χ0n) is 18.6. The molecule has 1 heterocycles. The average Bonchev–Trinajstić information content (AvgIpc) is 3.02. The number of ether oxygens (including phenoxy) is 4. The van der Waals surface area contributed by atoms with Crippen LogP contribution >= 0.6 is 0 Å². The van der Waals surface area contributed by atoms with Gasteiger partial charge in [-0.2, -0.15) is 0 Å². The van der Waals surface area contributed by atoms with Crippen LogP contribution in [0.15, 0.2) is 24.3 Å². The fourth-order valence-corrected chi connectivity index (χ4v) is 3.16. The van der Waals surface area contributed by atoms with E-state index in [1.807, 2.05) is 12.1 Å². The molecule has 2 rings (SSSR count). The van der Waals surface area contributed by atoms with Crippen LogP contribution in [0, 0.1) is 0 Å². The van der Waals surface area contributed by atoms with E-state index in [2.05, 4.69) is 0 Å². The van der Waals surface area contributed by atoms with Crippen molar-refractivity contribution in [2.24, 2.45) is 5.73 Å². The van der Waals surface area contributed by atoms with E-state index in [-0.39, 0.29) is 26.1 Å². The van der Waals surface area contributed by atoms with Gasteiger partial charge in [-0.3, -0.25) is 9.59 Å². The Morgan fingerprint density at radius 2 is 1.77 bits per heavy atom. The molecule has 1 unspecified atom stereocenters. The fourth-order valence-electron chi connectivity index (χ4n) is 3.16. The number of aromatic nitrogens is 1. The maximum Gasteiger partial charge on any atom is 0.418 e. The van der Waals surface area contributed by atoms with Gasteiger partial charge in [-0.1, -0.05) is 18.2 Å². The molecule has 31 heavy (non-hydrogen) atoms. The quantitative estimate of drug-likeness (QED) is 0.382. The van der Waals surface area contributed by atoms with E-state index in [0.717, 1.165) is 5.39 Å². The molecular weight excluding hydrogens is 404 g/mol. The molecule has 1 aromatic carbocycles. The molecule has 0 aliphatic rings. The van der Waals surface area contributed by atoms with Gasteiger partial charge in [-0.25, -0.2) is 9.36 Å². The molecule has 1 atom stereocenters. The van der Waals surface area contributed by atoms with Crippen molar-refractivity contribution in [3.8, 4) is 0 Å². The number of esters is 2. The highest BCUT2D eigenvalue weighted by Crippen LogP contribution is 2.28. The number of fused-ring (bicyclic) bond motifs is 1. The highest BCUT2D eigenvalue weighted by atomic mass is 16.6. The Hall–Kier alpha value is -2.91. The van der Waals surface area contributed by atoms with Crippen molar-refractivity contribution in [2.45, 2.75) is 45.3 Å². The summed E-state index contributed by atoms with van der Waals surface area (Å²) in [6.45, 7) is 5.39. The van der Waals surface area contributed by atoms with Gasteiger partial charge in [0.1, 0.15) is 11.6 Å². The van der Waals surface area contributed by atoms with Gasteiger partial charge in [0.2, 0.25) is 0 Å². The average molecular weight is 434 g/mol. The molecule has 170 valence electrons. The Morgan fingerprint density at radius 1 is 1.10 bits per heavy atom. The van der Waals surface area contributed by atoms with Gasteiger partial charge in [0.15, 0.2) is 0 Å². The van der Waals surface area contributed by atoms with Gasteiger partial charge in [-0.15, -0.1) is 0 Å². The van der Waals surface area contributed by atoms with Crippen molar-refractivity contribution in [1.29, 1.82) is 0 Å². The lowest BCUT2D eigenvalue weighted by Gasteiger charge is -2.22. The van der Waals surface area contributed by atoms with E-state index in [9.17, 15) is 14.4 Å². The van der Waals surface area contributed by atoms with E-state index in [1.54, 1.807) is 32.9 Å². The molecule has 2 aromatic rings. The van der Waals surface area contributed by atoms with E-state index in [0.29, 0.717) is 16.8 Å². The normalized spacial score (nSPS) is 12.5. The van der Waals surface area contributed by atoms with Crippen LogP contribution < -0.4 is 5.73 Å². The number of nitrogens with two attached hydrogens (primary N) is 1. The molecule has 0 saturated carbocycles. The lowest BCUT2D eigenvalue weighted by atomic mass is 10.1. The summed E-state index contributed by atoms with van der Waals surface area (Å²) in [5, 5.41) is 0.749. The number of carbonyl (C=O) groups excluding carboxylic acids is 3. The molecule has 0 saturated heterocycles. The molecule has 0 aliphatic heterocycles. The predicted molar refractivity (Wildman–Crippen MR) is 114 cm³/mol. The number of methoxy groups -OCH3 is 2. The maximum atomic E-state index is 12.5. The minimum atomic E-state index is -0.930. The number of benzene rings is 1. The van der Waals surface area contributed by atoms with E-state index in [4.69, 9.17) is 24.7 Å². The molecule has 0 amide bonds. The van der Waals surface area contributed by atoms with E-state index in [1.165, 1.54) is 18.8 Å². The topological polar surface area (TPSA) is 119 Å². The molecular formula is C22H30N2O7. The summed E-state index contributed by atoms with van der Waals surface area (Å²) in [5.41, 5.74) is 7.05. The molecule has 2 N–H and O–H groups in total. The van der Waals surface area contributed by atoms with Crippen LogP contribution in [0.2, 0.25) is 0 Å². The van der Waals surface area contributed by atoms with Crippen LogP contribution in [0.4, 0.5) is 4.79 Å². The van der Waals surface area contributed by atoms with Gasteiger partial charge in [-0.05, 0) is 32.4 Å². The summed E-state index contributed by atoms with van der Waals surface area (Å²) in [4.78, 5) is 36.5. The van der Waals surface area contributed by atoms with Crippen LogP contribution in [-0.4, -0.2) is 61.7 Å².